The predicted molar refractivity (Wildman–Crippen MR) is 229 cm³/mol. The number of aromatic nitrogens is 3. The van der Waals surface area contributed by atoms with Crippen LogP contribution in [-0.4, -0.2) is 14.5 Å². The molecule has 0 bridgehead atoms. The average molecular weight is 718 g/mol. The summed E-state index contributed by atoms with van der Waals surface area (Å²) in [5, 5.41) is 6.55. The molecule has 10 rings (SSSR count). The van der Waals surface area contributed by atoms with Crippen LogP contribution in [0.4, 0.5) is 0 Å². The lowest BCUT2D eigenvalue weighted by molar-refractivity contribution is 0.412. The van der Waals surface area contributed by atoms with Crippen molar-refractivity contribution in [2.24, 2.45) is 0 Å². The highest BCUT2D eigenvalue weighted by Crippen LogP contribution is 2.45. The number of para-hydroxylation sites is 1. The van der Waals surface area contributed by atoms with Crippen molar-refractivity contribution in [2.45, 2.75) is 65.7 Å². The van der Waals surface area contributed by atoms with E-state index >= 15 is 0 Å². The van der Waals surface area contributed by atoms with E-state index in [1.807, 2.05) is 0 Å². The van der Waals surface area contributed by atoms with Gasteiger partial charge in [0.25, 0.3) is 0 Å². The maximum atomic E-state index is 6.96. The smallest absolute Gasteiger partial charge is 0.200 e. The van der Waals surface area contributed by atoms with Gasteiger partial charge in [0.1, 0.15) is 22.5 Å². The molecule has 5 nitrogen and oxygen atoms in total. The first-order valence-corrected chi connectivity index (χ1v) is 19.4. The number of imidazole rings is 1. The summed E-state index contributed by atoms with van der Waals surface area (Å²) in [5.74, 6) is 2.09. The Bertz CT molecular complexity index is 3100. The molecule has 0 fully saturated rings. The molecule has 10 aromatic rings. The number of benzene rings is 7. The van der Waals surface area contributed by atoms with Crippen molar-refractivity contribution in [1.29, 1.82) is 0 Å². The summed E-state index contributed by atoms with van der Waals surface area (Å²) < 4.78 is 15.8. The summed E-state index contributed by atoms with van der Waals surface area (Å²) in [4.78, 5) is 10.4. The van der Waals surface area contributed by atoms with Crippen LogP contribution in [0.3, 0.4) is 0 Å². The quantitative estimate of drug-likeness (QED) is 0.178. The highest BCUT2D eigenvalue weighted by Gasteiger charge is 2.27. The molecule has 3 aromatic heterocycles. The van der Waals surface area contributed by atoms with Crippen LogP contribution in [0.25, 0.3) is 93.8 Å². The predicted octanol–water partition coefficient (Wildman–Crippen LogP) is 14.3. The summed E-state index contributed by atoms with van der Waals surface area (Å²) in [6.07, 6.45) is 0. The molecule has 7 aromatic carbocycles. The average Bonchev–Trinajstić information content (AvgIpc) is 3.90. The fourth-order valence-electron chi connectivity index (χ4n) is 8.35. The second kappa shape index (κ2) is 12.2. The molecule has 0 aliphatic heterocycles. The second-order valence-corrected chi connectivity index (χ2v) is 16.6. The van der Waals surface area contributed by atoms with Gasteiger partial charge in [-0.15, -0.1) is 0 Å². The fourth-order valence-corrected chi connectivity index (χ4v) is 8.35. The third-order valence-corrected chi connectivity index (χ3v) is 11.2. The highest BCUT2D eigenvalue weighted by molar-refractivity contribution is 6.16. The van der Waals surface area contributed by atoms with Gasteiger partial charge in [-0.2, -0.15) is 0 Å². The van der Waals surface area contributed by atoms with Gasteiger partial charge in [0.2, 0.25) is 5.89 Å². The molecule has 0 saturated carbocycles. The molecule has 0 spiro atoms. The molecule has 270 valence electrons. The Morgan fingerprint density at radius 2 is 1.24 bits per heavy atom. The normalized spacial score (nSPS) is 12.6. The third-order valence-electron chi connectivity index (χ3n) is 11.2. The first kappa shape index (κ1) is 33.4. The Hall–Kier alpha value is -6.20. The maximum Gasteiger partial charge on any atom is 0.200 e. The minimum atomic E-state index is -0.201. The van der Waals surface area contributed by atoms with E-state index in [9.17, 15) is 0 Å². The van der Waals surface area contributed by atoms with Crippen LogP contribution in [0.5, 0.6) is 0 Å². The van der Waals surface area contributed by atoms with Gasteiger partial charge in [-0.25, -0.2) is 9.97 Å². The lowest BCUT2D eigenvalue weighted by Gasteiger charge is -2.24. The standard InChI is InChI=1S/C50H43N3O2/c1-28(2)37-25-33(30-14-9-8-10-15-30)26-38(29(3)4)44(37)53-45-34-17-12-11-16-31(34)20-22-41(45)51-48(53)36-19-13-18-35-40-24-32-21-23-42-47(55-49(52-42)50(5,6)7)39(32)27-43(40)54-46(35)36/h8-29H,1-7H3. The van der Waals surface area contributed by atoms with Gasteiger partial charge in [-0.05, 0) is 87.3 Å². The SMILES string of the molecule is CC(C)c1cc(-c2ccccc2)cc(C(C)C)c1-n1c(-c2cccc3c2oc2cc4c(ccc5nc(C(C)(C)C)oc54)cc23)nc2ccc3ccccc3c21. The van der Waals surface area contributed by atoms with Crippen LogP contribution in [-0.2, 0) is 5.41 Å². The van der Waals surface area contributed by atoms with Gasteiger partial charge in [-0.1, -0.05) is 127 Å². The van der Waals surface area contributed by atoms with Crippen molar-refractivity contribution in [3.63, 3.8) is 0 Å². The van der Waals surface area contributed by atoms with E-state index in [0.717, 1.165) is 72.1 Å². The van der Waals surface area contributed by atoms with Crippen molar-refractivity contribution in [2.75, 3.05) is 0 Å². The molecule has 0 N–H and O–H groups in total. The Morgan fingerprint density at radius 1 is 0.545 bits per heavy atom. The molecule has 0 radical (unpaired) electrons. The third kappa shape index (κ3) is 5.20. The van der Waals surface area contributed by atoms with Gasteiger partial charge in [0, 0.05) is 27.0 Å². The minimum absolute atomic E-state index is 0.201. The number of nitrogens with zero attached hydrogens (tertiary/aromatic N) is 3. The Morgan fingerprint density at radius 3 is 1.98 bits per heavy atom. The monoisotopic (exact) mass is 717 g/mol. The first-order chi connectivity index (χ1) is 26.5. The number of rotatable bonds is 5. The topological polar surface area (TPSA) is 57.0 Å². The molecule has 0 amide bonds. The van der Waals surface area contributed by atoms with Crippen LogP contribution < -0.4 is 0 Å². The van der Waals surface area contributed by atoms with Crippen LogP contribution in [0.15, 0.2) is 130 Å². The molecular formula is C50H43N3O2. The molecule has 0 aliphatic carbocycles. The summed E-state index contributed by atoms with van der Waals surface area (Å²) in [6.45, 7) is 15.6. The molecule has 0 saturated heterocycles. The summed E-state index contributed by atoms with van der Waals surface area (Å²) in [7, 11) is 0. The molecule has 5 heteroatoms. The van der Waals surface area contributed by atoms with E-state index < -0.39 is 0 Å². The van der Waals surface area contributed by atoms with E-state index in [1.165, 1.54) is 38.7 Å². The van der Waals surface area contributed by atoms with Crippen molar-refractivity contribution in [3.8, 4) is 28.2 Å². The van der Waals surface area contributed by atoms with E-state index in [2.05, 4.69) is 174 Å². The number of oxazole rings is 1. The number of fused-ring (bicyclic) bond motifs is 9. The number of hydrogen-bond donors (Lipinski definition) is 0. The molecule has 0 atom stereocenters. The summed E-state index contributed by atoms with van der Waals surface area (Å²) in [6, 6.07) is 43.6. The Kier molecular flexibility index (Phi) is 7.38. The largest absolute Gasteiger partial charge is 0.455 e. The highest BCUT2D eigenvalue weighted by atomic mass is 16.4. The Labute approximate surface area is 320 Å². The van der Waals surface area contributed by atoms with Gasteiger partial charge >= 0.3 is 0 Å². The molecule has 0 unspecified atom stereocenters. The minimum Gasteiger partial charge on any atom is -0.455 e. The van der Waals surface area contributed by atoms with Gasteiger partial charge in [0.05, 0.1) is 22.3 Å². The van der Waals surface area contributed by atoms with Crippen molar-refractivity contribution in [3.05, 3.63) is 138 Å². The van der Waals surface area contributed by atoms with E-state index in [4.69, 9.17) is 18.8 Å². The Balaban J connectivity index is 1.30. The van der Waals surface area contributed by atoms with Crippen molar-refractivity contribution >= 4 is 65.6 Å². The first-order valence-electron chi connectivity index (χ1n) is 19.4. The van der Waals surface area contributed by atoms with Crippen LogP contribution in [0.2, 0.25) is 0 Å². The van der Waals surface area contributed by atoms with Gasteiger partial charge in [-0.3, -0.25) is 4.57 Å². The zero-order chi connectivity index (χ0) is 37.7. The van der Waals surface area contributed by atoms with Crippen molar-refractivity contribution < 1.29 is 8.83 Å². The number of hydrogen-bond acceptors (Lipinski definition) is 4. The molecule has 0 aliphatic rings. The summed E-state index contributed by atoms with van der Waals surface area (Å²) in [5.41, 5.74) is 12.3. The lowest BCUT2D eigenvalue weighted by atomic mass is 9.88. The molecule has 3 heterocycles. The summed E-state index contributed by atoms with van der Waals surface area (Å²) >= 11 is 0. The lowest BCUT2D eigenvalue weighted by Crippen LogP contribution is -2.10. The second-order valence-electron chi connectivity index (χ2n) is 16.6. The van der Waals surface area contributed by atoms with Crippen LogP contribution >= 0.6 is 0 Å². The van der Waals surface area contributed by atoms with E-state index in [1.54, 1.807) is 0 Å². The van der Waals surface area contributed by atoms with Crippen LogP contribution in [0, 0.1) is 0 Å². The number of furan rings is 1. The van der Waals surface area contributed by atoms with E-state index in [-0.39, 0.29) is 17.3 Å². The van der Waals surface area contributed by atoms with Crippen LogP contribution in [0.1, 0.15) is 77.3 Å². The fraction of sp³-hybridized carbons (Fsp3) is 0.200. The van der Waals surface area contributed by atoms with Gasteiger partial charge < -0.3 is 8.83 Å². The zero-order valence-electron chi connectivity index (χ0n) is 32.4. The van der Waals surface area contributed by atoms with Gasteiger partial charge in [0.15, 0.2) is 5.58 Å². The zero-order valence-corrected chi connectivity index (χ0v) is 32.4. The maximum absolute atomic E-state index is 6.96. The molecular weight excluding hydrogens is 675 g/mol. The van der Waals surface area contributed by atoms with Crippen molar-refractivity contribution in [1.82, 2.24) is 14.5 Å². The van der Waals surface area contributed by atoms with E-state index in [0.29, 0.717) is 0 Å². The molecule has 55 heavy (non-hydrogen) atoms.